The van der Waals surface area contributed by atoms with E-state index in [2.05, 4.69) is 9.97 Å². The number of hydrogen-bond donors (Lipinski definition) is 1. The molecular weight excluding hydrogens is 267 g/mol. The molecule has 4 nitrogen and oxygen atoms in total. The summed E-state index contributed by atoms with van der Waals surface area (Å²) in [6.07, 6.45) is 1.52. The van der Waals surface area contributed by atoms with Crippen molar-refractivity contribution < 1.29 is 4.39 Å². The van der Waals surface area contributed by atoms with Gasteiger partial charge in [0.1, 0.15) is 18.0 Å². The average molecular weight is 282 g/mol. The molecule has 0 radical (unpaired) electrons. The van der Waals surface area contributed by atoms with Gasteiger partial charge < -0.3 is 10.6 Å². The molecule has 0 bridgehead atoms. The van der Waals surface area contributed by atoms with Gasteiger partial charge in [0.15, 0.2) is 0 Å². The number of halogens is 1. The predicted molar refractivity (Wildman–Crippen MR) is 83.0 cm³/mol. The van der Waals surface area contributed by atoms with Gasteiger partial charge in [0.05, 0.1) is 5.52 Å². The zero-order valence-corrected chi connectivity index (χ0v) is 11.6. The number of benzene rings is 2. The van der Waals surface area contributed by atoms with E-state index >= 15 is 0 Å². The maximum absolute atomic E-state index is 13.1. The minimum atomic E-state index is -0.255. The molecule has 3 rings (SSSR count). The minimum absolute atomic E-state index is 0.255. The lowest BCUT2D eigenvalue weighted by molar-refractivity contribution is 0.628. The van der Waals surface area contributed by atoms with Crippen LogP contribution in [0.5, 0.6) is 0 Å². The molecule has 0 amide bonds. The normalized spacial score (nSPS) is 10.8. The first kappa shape index (κ1) is 13.3. The van der Waals surface area contributed by atoms with Crippen LogP contribution in [0.25, 0.3) is 10.9 Å². The lowest BCUT2D eigenvalue weighted by atomic mass is 10.2. The Morgan fingerprint density at radius 2 is 1.86 bits per heavy atom. The van der Waals surface area contributed by atoms with Gasteiger partial charge in [0.25, 0.3) is 0 Å². The Balaban J connectivity index is 2.15. The molecule has 2 aromatic carbocycles. The molecule has 0 fully saturated rings. The van der Waals surface area contributed by atoms with Crippen LogP contribution in [0.3, 0.4) is 0 Å². The molecule has 0 aliphatic rings. The van der Waals surface area contributed by atoms with Gasteiger partial charge in [0, 0.05) is 23.3 Å². The number of nitrogens with two attached hydrogens (primary N) is 1. The first-order valence-corrected chi connectivity index (χ1v) is 6.72. The van der Waals surface area contributed by atoms with Crippen LogP contribution in [0.1, 0.15) is 6.92 Å². The topological polar surface area (TPSA) is 55.0 Å². The number of aromatic nitrogens is 2. The highest BCUT2D eigenvalue weighted by molar-refractivity contribution is 5.92. The molecule has 1 aromatic heterocycles. The molecule has 5 heteroatoms. The van der Waals surface area contributed by atoms with Crippen LogP contribution in [0.2, 0.25) is 0 Å². The fraction of sp³-hybridized carbons (Fsp3) is 0.125. The average Bonchev–Trinajstić information content (AvgIpc) is 2.49. The highest BCUT2D eigenvalue weighted by Gasteiger charge is 2.13. The summed E-state index contributed by atoms with van der Waals surface area (Å²) in [6, 6.07) is 11.9. The molecule has 21 heavy (non-hydrogen) atoms. The van der Waals surface area contributed by atoms with Gasteiger partial charge in [-0.25, -0.2) is 14.4 Å². The summed E-state index contributed by atoms with van der Waals surface area (Å²) >= 11 is 0. The lowest BCUT2D eigenvalue weighted by Gasteiger charge is -2.23. The van der Waals surface area contributed by atoms with Crippen LogP contribution in [-0.2, 0) is 0 Å². The maximum atomic E-state index is 13.1. The third-order valence-corrected chi connectivity index (χ3v) is 3.35. The zero-order valence-electron chi connectivity index (χ0n) is 11.6. The van der Waals surface area contributed by atoms with E-state index < -0.39 is 0 Å². The van der Waals surface area contributed by atoms with Crippen LogP contribution in [0.15, 0.2) is 48.8 Å². The summed E-state index contributed by atoms with van der Waals surface area (Å²) in [6.45, 7) is 2.73. The summed E-state index contributed by atoms with van der Waals surface area (Å²) in [7, 11) is 0. The summed E-state index contributed by atoms with van der Waals surface area (Å²) in [5, 5.41) is 0.915. The maximum Gasteiger partial charge on any atom is 0.144 e. The predicted octanol–water partition coefficient (Wildman–Crippen LogP) is 3.51. The smallest absolute Gasteiger partial charge is 0.144 e. The summed E-state index contributed by atoms with van der Waals surface area (Å²) in [4.78, 5) is 10.6. The molecule has 0 unspecified atom stereocenters. The van der Waals surface area contributed by atoms with E-state index in [1.807, 2.05) is 30.0 Å². The SMILES string of the molecule is CCN(c1ccc(F)cc1)c1ncnc2cc(N)ccc12. The molecule has 1 heterocycles. The fourth-order valence-corrected chi connectivity index (χ4v) is 2.35. The van der Waals surface area contributed by atoms with Gasteiger partial charge in [-0.05, 0) is 49.4 Å². The Labute approximate surface area is 122 Å². The van der Waals surface area contributed by atoms with Crippen LogP contribution in [0, 0.1) is 5.82 Å². The summed E-state index contributed by atoms with van der Waals surface area (Å²) in [5.74, 6) is 0.532. The fourth-order valence-electron chi connectivity index (χ4n) is 2.35. The third kappa shape index (κ3) is 2.50. The van der Waals surface area contributed by atoms with Crippen molar-refractivity contribution in [2.24, 2.45) is 0 Å². The van der Waals surface area contributed by atoms with E-state index in [1.54, 1.807) is 12.1 Å². The summed E-state index contributed by atoms with van der Waals surface area (Å²) < 4.78 is 13.1. The first-order valence-electron chi connectivity index (χ1n) is 6.72. The lowest BCUT2D eigenvalue weighted by Crippen LogP contribution is -2.17. The van der Waals surface area contributed by atoms with Gasteiger partial charge in [-0.2, -0.15) is 0 Å². The second kappa shape index (κ2) is 5.36. The van der Waals surface area contributed by atoms with E-state index in [-0.39, 0.29) is 5.82 Å². The number of anilines is 3. The monoisotopic (exact) mass is 282 g/mol. The second-order valence-corrected chi connectivity index (χ2v) is 4.69. The molecule has 0 aliphatic heterocycles. The van der Waals surface area contributed by atoms with E-state index in [4.69, 9.17) is 5.73 Å². The van der Waals surface area contributed by atoms with Gasteiger partial charge in [0.2, 0.25) is 0 Å². The van der Waals surface area contributed by atoms with E-state index in [0.717, 1.165) is 22.4 Å². The van der Waals surface area contributed by atoms with Crippen molar-refractivity contribution in [2.45, 2.75) is 6.92 Å². The number of fused-ring (bicyclic) bond motifs is 1. The second-order valence-electron chi connectivity index (χ2n) is 4.69. The number of nitrogens with zero attached hydrogens (tertiary/aromatic N) is 3. The van der Waals surface area contributed by atoms with Crippen molar-refractivity contribution in [3.8, 4) is 0 Å². The largest absolute Gasteiger partial charge is 0.399 e. The Morgan fingerprint density at radius 1 is 1.10 bits per heavy atom. The van der Waals surface area contributed by atoms with Crippen molar-refractivity contribution in [3.63, 3.8) is 0 Å². The molecule has 0 atom stereocenters. The number of hydrogen-bond acceptors (Lipinski definition) is 4. The van der Waals surface area contributed by atoms with E-state index in [0.29, 0.717) is 12.2 Å². The van der Waals surface area contributed by atoms with Crippen LogP contribution < -0.4 is 10.6 Å². The van der Waals surface area contributed by atoms with E-state index in [1.165, 1.54) is 18.5 Å². The molecule has 106 valence electrons. The molecule has 0 saturated carbocycles. The highest BCUT2D eigenvalue weighted by Crippen LogP contribution is 2.30. The highest BCUT2D eigenvalue weighted by atomic mass is 19.1. The van der Waals surface area contributed by atoms with Gasteiger partial charge >= 0.3 is 0 Å². The van der Waals surface area contributed by atoms with Crippen molar-refractivity contribution in [1.82, 2.24) is 9.97 Å². The Bertz CT molecular complexity index is 771. The Morgan fingerprint density at radius 3 is 2.57 bits per heavy atom. The van der Waals surface area contributed by atoms with Crippen molar-refractivity contribution >= 4 is 28.1 Å². The van der Waals surface area contributed by atoms with Gasteiger partial charge in [-0.1, -0.05) is 0 Å². The van der Waals surface area contributed by atoms with Crippen LogP contribution >= 0.6 is 0 Å². The molecule has 2 N–H and O–H groups in total. The third-order valence-electron chi connectivity index (χ3n) is 3.35. The molecule has 0 aliphatic carbocycles. The number of nitrogen functional groups attached to an aromatic ring is 1. The first-order chi connectivity index (χ1) is 10.2. The van der Waals surface area contributed by atoms with E-state index in [9.17, 15) is 4.39 Å². The number of rotatable bonds is 3. The van der Waals surface area contributed by atoms with Gasteiger partial charge in [-0.15, -0.1) is 0 Å². The van der Waals surface area contributed by atoms with Crippen molar-refractivity contribution in [2.75, 3.05) is 17.2 Å². The Hall–Kier alpha value is -2.69. The molecular formula is C16H15FN4. The van der Waals surface area contributed by atoms with Crippen molar-refractivity contribution in [1.29, 1.82) is 0 Å². The quantitative estimate of drug-likeness (QED) is 0.747. The van der Waals surface area contributed by atoms with Crippen LogP contribution in [-0.4, -0.2) is 16.5 Å². The Kier molecular flexibility index (Phi) is 3.39. The minimum Gasteiger partial charge on any atom is -0.399 e. The summed E-state index contributed by atoms with van der Waals surface area (Å²) in [5.41, 5.74) is 8.14. The van der Waals surface area contributed by atoms with Crippen molar-refractivity contribution in [3.05, 3.63) is 54.6 Å². The standard InChI is InChI=1S/C16H15FN4/c1-2-21(13-6-3-11(17)4-7-13)16-14-8-5-12(18)9-15(14)19-10-20-16/h3-10H,2,18H2,1H3. The molecule has 0 saturated heterocycles. The van der Waals surface area contributed by atoms with Crippen LogP contribution in [0.4, 0.5) is 21.6 Å². The van der Waals surface area contributed by atoms with Gasteiger partial charge in [-0.3, -0.25) is 0 Å². The molecule has 0 spiro atoms. The molecule has 3 aromatic rings. The zero-order chi connectivity index (χ0) is 14.8.